The number of likely N-dealkylation sites (tertiary alicyclic amines) is 1. The van der Waals surface area contributed by atoms with Gasteiger partial charge >= 0.3 is 0 Å². The van der Waals surface area contributed by atoms with Gasteiger partial charge < -0.3 is 4.90 Å². The van der Waals surface area contributed by atoms with Crippen LogP contribution < -0.4 is 5.19 Å². The minimum Gasteiger partial charge on any atom is -0.341 e. The molecule has 2 heterocycles. The van der Waals surface area contributed by atoms with Crippen LogP contribution in [-0.4, -0.2) is 81.8 Å². The summed E-state index contributed by atoms with van der Waals surface area (Å²) in [6, 6.07) is 7.24. The van der Waals surface area contributed by atoms with Crippen molar-refractivity contribution >= 4 is 29.2 Å². The molecule has 0 radical (unpaired) electrons. The maximum atomic E-state index is 13.0. The lowest BCUT2D eigenvalue weighted by atomic mass is 10.2. The highest BCUT2D eigenvalue weighted by atomic mass is 32.2. The number of piperazine rings is 1. The SMILES string of the molecule is CC(C(=O)N1CCCC1)N1CCN(S(=O)(=O)c2ccc([Si](C)(C)C)cc2)CC1. The lowest BCUT2D eigenvalue weighted by Gasteiger charge is -2.37. The van der Waals surface area contributed by atoms with Crippen molar-refractivity contribution in [3.63, 3.8) is 0 Å². The molecule has 0 bridgehead atoms. The zero-order chi connectivity index (χ0) is 20.5. The van der Waals surface area contributed by atoms with E-state index in [1.165, 1.54) is 5.19 Å². The Bertz CT molecular complexity index is 791. The normalized spacial score (nSPS) is 21.1. The van der Waals surface area contributed by atoms with Gasteiger partial charge in [0.05, 0.1) is 19.0 Å². The summed E-state index contributed by atoms with van der Waals surface area (Å²) in [6.45, 7) is 12.4. The molecule has 28 heavy (non-hydrogen) atoms. The fourth-order valence-electron chi connectivity index (χ4n) is 3.97. The highest BCUT2D eigenvalue weighted by Gasteiger charge is 2.33. The monoisotopic (exact) mass is 423 g/mol. The predicted octanol–water partition coefficient (Wildman–Crippen LogP) is 1.55. The molecule has 0 N–H and O–H groups in total. The minimum absolute atomic E-state index is 0.177. The Hall–Kier alpha value is -1.22. The number of benzene rings is 1. The third-order valence-corrected chi connectivity index (χ3v) is 9.93. The molecule has 6 nitrogen and oxygen atoms in total. The van der Waals surface area contributed by atoms with Crippen molar-refractivity contribution < 1.29 is 13.2 Å². The fraction of sp³-hybridized carbons (Fsp3) is 0.650. The van der Waals surface area contributed by atoms with Crippen molar-refractivity contribution in [2.75, 3.05) is 39.3 Å². The molecular weight excluding hydrogens is 390 g/mol. The van der Waals surface area contributed by atoms with Gasteiger partial charge in [0.1, 0.15) is 0 Å². The summed E-state index contributed by atoms with van der Waals surface area (Å²) in [5, 5.41) is 1.26. The van der Waals surface area contributed by atoms with Gasteiger partial charge in [0.2, 0.25) is 15.9 Å². The summed E-state index contributed by atoms with van der Waals surface area (Å²) in [4.78, 5) is 17.0. The molecule has 0 saturated carbocycles. The van der Waals surface area contributed by atoms with E-state index in [0.717, 1.165) is 25.9 Å². The lowest BCUT2D eigenvalue weighted by molar-refractivity contribution is -0.135. The van der Waals surface area contributed by atoms with Crippen molar-refractivity contribution in [2.45, 2.75) is 50.3 Å². The number of hydrogen-bond acceptors (Lipinski definition) is 4. The first-order valence-corrected chi connectivity index (χ1v) is 15.2. The van der Waals surface area contributed by atoms with Crippen molar-refractivity contribution in [3.05, 3.63) is 24.3 Å². The van der Waals surface area contributed by atoms with Crippen LogP contribution in [0.2, 0.25) is 19.6 Å². The Morgan fingerprint density at radius 1 is 0.929 bits per heavy atom. The lowest BCUT2D eigenvalue weighted by Crippen LogP contribution is -2.55. The molecule has 1 atom stereocenters. The summed E-state index contributed by atoms with van der Waals surface area (Å²) in [7, 11) is -4.93. The van der Waals surface area contributed by atoms with Gasteiger partial charge in [0.15, 0.2) is 0 Å². The standard InChI is InChI=1S/C20H33N3O3SSi/c1-17(20(24)22-11-5-6-12-22)21-13-15-23(16-14-21)27(25,26)18-7-9-19(10-8-18)28(2,3)4/h7-10,17H,5-6,11-16H2,1-4H3. The second-order valence-electron chi connectivity index (χ2n) is 8.92. The molecule has 2 fully saturated rings. The van der Waals surface area contributed by atoms with Crippen LogP contribution >= 0.6 is 0 Å². The van der Waals surface area contributed by atoms with Gasteiger partial charge in [-0.2, -0.15) is 4.31 Å². The molecule has 3 rings (SSSR count). The first-order valence-electron chi connectivity index (χ1n) is 10.2. The largest absolute Gasteiger partial charge is 0.341 e. The second-order valence-corrected chi connectivity index (χ2v) is 15.9. The fourth-order valence-corrected chi connectivity index (χ4v) is 6.55. The molecule has 0 aliphatic carbocycles. The zero-order valence-electron chi connectivity index (χ0n) is 17.5. The van der Waals surface area contributed by atoms with Crippen molar-refractivity contribution in [2.24, 2.45) is 0 Å². The van der Waals surface area contributed by atoms with Gasteiger partial charge in [0, 0.05) is 39.3 Å². The van der Waals surface area contributed by atoms with Crippen LogP contribution in [0.25, 0.3) is 0 Å². The van der Waals surface area contributed by atoms with Crippen LogP contribution in [0.4, 0.5) is 0 Å². The number of carbonyl (C=O) groups is 1. The molecular formula is C20H33N3O3SSi. The minimum atomic E-state index is -3.48. The number of rotatable bonds is 5. The summed E-state index contributed by atoms with van der Waals surface area (Å²) in [5.41, 5.74) is 0. The van der Waals surface area contributed by atoms with E-state index in [4.69, 9.17) is 0 Å². The Morgan fingerprint density at radius 2 is 1.46 bits per heavy atom. The summed E-state index contributed by atoms with van der Waals surface area (Å²) >= 11 is 0. The average Bonchev–Trinajstić information content (AvgIpc) is 3.21. The number of nitrogens with zero attached hydrogens (tertiary/aromatic N) is 3. The smallest absolute Gasteiger partial charge is 0.243 e. The Labute approximate surface area is 170 Å². The van der Waals surface area contributed by atoms with Crippen molar-refractivity contribution in [3.8, 4) is 0 Å². The van der Waals surface area contributed by atoms with E-state index in [9.17, 15) is 13.2 Å². The van der Waals surface area contributed by atoms with E-state index in [0.29, 0.717) is 31.1 Å². The first kappa shape index (κ1) is 21.5. The highest BCUT2D eigenvalue weighted by Crippen LogP contribution is 2.19. The zero-order valence-corrected chi connectivity index (χ0v) is 19.3. The average molecular weight is 424 g/mol. The van der Waals surface area contributed by atoms with Crippen LogP contribution in [-0.2, 0) is 14.8 Å². The first-order chi connectivity index (χ1) is 13.1. The Kier molecular flexibility index (Phi) is 6.34. The maximum absolute atomic E-state index is 13.0. The molecule has 0 aromatic heterocycles. The number of sulfonamides is 1. The Morgan fingerprint density at radius 3 is 1.96 bits per heavy atom. The summed E-state index contributed by atoms with van der Waals surface area (Å²) in [5.74, 6) is 0.177. The van der Waals surface area contributed by atoms with E-state index in [1.807, 2.05) is 24.0 Å². The second kappa shape index (κ2) is 8.26. The van der Waals surface area contributed by atoms with Gasteiger partial charge in [-0.05, 0) is 31.9 Å². The number of hydrogen-bond donors (Lipinski definition) is 0. The van der Waals surface area contributed by atoms with Crippen LogP contribution in [0.5, 0.6) is 0 Å². The van der Waals surface area contributed by atoms with E-state index in [2.05, 4.69) is 24.5 Å². The molecule has 0 spiro atoms. The quantitative estimate of drug-likeness (QED) is 0.674. The Balaban J connectivity index is 1.62. The van der Waals surface area contributed by atoms with E-state index < -0.39 is 18.1 Å². The van der Waals surface area contributed by atoms with Crippen LogP contribution in [0.1, 0.15) is 19.8 Å². The molecule has 2 saturated heterocycles. The molecule has 1 aromatic carbocycles. The van der Waals surface area contributed by atoms with Gasteiger partial charge in [-0.15, -0.1) is 0 Å². The molecule has 2 aliphatic rings. The van der Waals surface area contributed by atoms with Crippen molar-refractivity contribution in [1.82, 2.24) is 14.1 Å². The number of carbonyl (C=O) groups excluding carboxylic acids is 1. The number of amides is 1. The third kappa shape index (κ3) is 4.50. The van der Waals surface area contributed by atoms with Gasteiger partial charge in [-0.3, -0.25) is 9.69 Å². The van der Waals surface area contributed by atoms with Gasteiger partial charge in [-0.25, -0.2) is 8.42 Å². The highest BCUT2D eigenvalue weighted by molar-refractivity contribution is 7.89. The van der Waals surface area contributed by atoms with Gasteiger partial charge in [-0.1, -0.05) is 37.0 Å². The van der Waals surface area contributed by atoms with E-state index >= 15 is 0 Å². The van der Waals surface area contributed by atoms with Crippen LogP contribution in [0.3, 0.4) is 0 Å². The van der Waals surface area contributed by atoms with Crippen molar-refractivity contribution in [1.29, 1.82) is 0 Å². The molecule has 1 unspecified atom stereocenters. The molecule has 1 aromatic rings. The van der Waals surface area contributed by atoms with E-state index in [-0.39, 0.29) is 11.9 Å². The molecule has 156 valence electrons. The maximum Gasteiger partial charge on any atom is 0.243 e. The predicted molar refractivity (Wildman–Crippen MR) is 115 cm³/mol. The summed E-state index contributed by atoms with van der Waals surface area (Å²) in [6.07, 6.45) is 2.17. The topological polar surface area (TPSA) is 60.9 Å². The third-order valence-electron chi connectivity index (χ3n) is 5.95. The molecule has 2 aliphatic heterocycles. The molecule has 1 amide bonds. The van der Waals surface area contributed by atoms with Gasteiger partial charge in [0.25, 0.3) is 0 Å². The molecule has 8 heteroatoms. The van der Waals surface area contributed by atoms with Crippen LogP contribution in [0.15, 0.2) is 29.2 Å². The van der Waals surface area contributed by atoms with E-state index in [1.54, 1.807) is 16.4 Å². The van der Waals surface area contributed by atoms with Crippen LogP contribution in [0, 0.1) is 0 Å². The summed E-state index contributed by atoms with van der Waals surface area (Å²) < 4.78 is 27.6.